The van der Waals surface area contributed by atoms with Crippen LogP contribution >= 0.6 is 0 Å². The maximum Gasteiger partial charge on any atom is 0.212 e. The molecule has 1 rings (SSSR count). The maximum absolute atomic E-state index is 12.4. The van der Waals surface area contributed by atoms with E-state index in [1.165, 1.54) is 0 Å². The van der Waals surface area contributed by atoms with Crippen molar-refractivity contribution in [3.63, 3.8) is 0 Å². The molecule has 4 nitrogen and oxygen atoms in total. The van der Waals surface area contributed by atoms with Gasteiger partial charge in [0.25, 0.3) is 0 Å². The molecule has 0 spiro atoms. The number of hydrogen-bond donors (Lipinski definition) is 1. The fraction of sp³-hybridized carbons (Fsp3) is 1.00. The Morgan fingerprint density at radius 1 is 1.05 bits per heavy atom. The largest absolute Gasteiger partial charge is 0.381 e. The van der Waals surface area contributed by atoms with Crippen LogP contribution < -0.4 is 4.72 Å². The first-order valence-electron chi connectivity index (χ1n) is 8.46. The van der Waals surface area contributed by atoms with Crippen molar-refractivity contribution in [3.05, 3.63) is 0 Å². The maximum atomic E-state index is 12.4. The first-order valence-corrected chi connectivity index (χ1v) is 10.1. The Morgan fingerprint density at radius 2 is 1.59 bits per heavy atom. The van der Waals surface area contributed by atoms with Crippen molar-refractivity contribution >= 4 is 10.0 Å². The van der Waals surface area contributed by atoms with E-state index in [4.69, 9.17) is 4.74 Å². The van der Waals surface area contributed by atoms with Gasteiger partial charge in [0.2, 0.25) is 10.0 Å². The van der Waals surface area contributed by atoms with Crippen molar-refractivity contribution in [3.8, 4) is 0 Å². The summed E-state index contributed by atoms with van der Waals surface area (Å²) in [7, 11) is -3.25. The molecule has 0 atom stereocenters. The fourth-order valence-electron chi connectivity index (χ4n) is 3.06. The normalized spacial score (nSPS) is 19.5. The molecule has 0 heterocycles. The second kappa shape index (κ2) is 7.18. The molecule has 0 aromatic carbocycles. The van der Waals surface area contributed by atoms with Crippen molar-refractivity contribution in [2.24, 2.45) is 10.8 Å². The minimum Gasteiger partial charge on any atom is -0.381 e. The highest BCUT2D eigenvalue weighted by Gasteiger charge is 2.46. The first kappa shape index (κ1) is 19.9. The predicted molar refractivity (Wildman–Crippen MR) is 92.5 cm³/mol. The number of ether oxygens (including phenoxy) is 1. The molecule has 0 radical (unpaired) electrons. The number of rotatable bonds is 7. The van der Waals surface area contributed by atoms with Gasteiger partial charge in [-0.2, -0.15) is 0 Å². The van der Waals surface area contributed by atoms with Gasteiger partial charge in [0.15, 0.2) is 0 Å². The van der Waals surface area contributed by atoms with Crippen LogP contribution in [0.25, 0.3) is 0 Å². The monoisotopic (exact) mass is 333 g/mol. The molecule has 0 aromatic heterocycles. The van der Waals surface area contributed by atoms with Gasteiger partial charge in [-0.3, -0.25) is 0 Å². The highest BCUT2D eigenvalue weighted by atomic mass is 32.2. The average molecular weight is 334 g/mol. The summed E-state index contributed by atoms with van der Waals surface area (Å²) in [6.45, 7) is 13.9. The molecular formula is C17H35NO3S. The quantitative estimate of drug-likeness (QED) is 0.723. The molecule has 1 aliphatic carbocycles. The molecule has 132 valence electrons. The smallest absolute Gasteiger partial charge is 0.212 e. The summed E-state index contributed by atoms with van der Waals surface area (Å²) >= 11 is 0. The summed E-state index contributed by atoms with van der Waals surface area (Å²) in [5.74, 6) is 0.148. The summed E-state index contributed by atoms with van der Waals surface area (Å²) in [4.78, 5) is 0. The zero-order chi connectivity index (χ0) is 17.1. The topological polar surface area (TPSA) is 55.4 Å². The Balaban J connectivity index is 2.49. The van der Waals surface area contributed by atoms with E-state index < -0.39 is 10.0 Å². The van der Waals surface area contributed by atoms with E-state index in [2.05, 4.69) is 46.3 Å². The van der Waals surface area contributed by atoms with Gasteiger partial charge < -0.3 is 4.74 Å². The standard InChI is InChI=1S/C17H35NO3S/c1-15(2,3)14-21-12-9-13-22(19,20)18-17(16(4,5)6)10-7-8-11-17/h18H,7-14H2,1-6H3. The molecule has 1 aliphatic rings. The second-order valence-electron chi connectivity index (χ2n) is 8.93. The summed E-state index contributed by atoms with van der Waals surface area (Å²) in [5.41, 5.74) is -0.214. The third-order valence-corrected chi connectivity index (χ3v) is 6.01. The van der Waals surface area contributed by atoms with Crippen LogP contribution in [0.15, 0.2) is 0 Å². The Hall–Kier alpha value is -0.130. The summed E-state index contributed by atoms with van der Waals surface area (Å²) < 4.78 is 33.5. The lowest BCUT2D eigenvalue weighted by Crippen LogP contribution is -2.55. The minimum absolute atomic E-state index is 0.0562. The molecule has 0 aliphatic heterocycles. The van der Waals surface area contributed by atoms with E-state index in [1.807, 2.05) is 0 Å². The van der Waals surface area contributed by atoms with Crippen molar-refractivity contribution in [1.82, 2.24) is 4.72 Å². The van der Waals surface area contributed by atoms with E-state index >= 15 is 0 Å². The Kier molecular flexibility index (Phi) is 6.50. The lowest BCUT2D eigenvalue weighted by molar-refractivity contribution is 0.0719. The van der Waals surface area contributed by atoms with Crippen LogP contribution in [0, 0.1) is 10.8 Å². The van der Waals surface area contributed by atoms with Crippen molar-refractivity contribution in [1.29, 1.82) is 0 Å². The molecule has 0 amide bonds. The van der Waals surface area contributed by atoms with E-state index in [0.717, 1.165) is 25.7 Å². The Labute approximate surface area is 137 Å². The van der Waals surface area contributed by atoms with Gasteiger partial charge >= 0.3 is 0 Å². The third kappa shape index (κ3) is 6.17. The lowest BCUT2D eigenvalue weighted by Gasteiger charge is -2.42. The number of hydrogen-bond acceptors (Lipinski definition) is 3. The van der Waals surface area contributed by atoms with Gasteiger partial charge in [0, 0.05) is 12.1 Å². The van der Waals surface area contributed by atoms with E-state index in [0.29, 0.717) is 19.6 Å². The summed E-state index contributed by atoms with van der Waals surface area (Å²) in [6, 6.07) is 0. The summed E-state index contributed by atoms with van der Waals surface area (Å²) in [6.07, 6.45) is 4.64. The van der Waals surface area contributed by atoms with Gasteiger partial charge in [-0.05, 0) is 30.1 Å². The van der Waals surface area contributed by atoms with Crippen LogP contribution in [0.2, 0.25) is 0 Å². The first-order chi connectivity index (χ1) is 9.87. The molecule has 22 heavy (non-hydrogen) atoms. The molecule has 0 unspecified atom stereocenters. The van der Waals surface area contributed by atoms with Crippen molar-refractivity contribution in [2.75, 3.05) is 19.0 Å². The van der Waals surface area contributed by atoms with Crippen LogP contribution in [0.3, 0.4) is 0 Å². The third-order valence-electron chi connectivity index (χ3n) is 4.48. The van der Waals surface area contributed by atoms with Gasteiger partial charge in [-0.25, -0.2) is 13.1 Å². The molecule has 1 saturated carbocycles. The van der Waals surface area contributed by atoms with Crippen molar-refractivity contribution in [2.45, 2.75) is 79.2 Å². The van der Waals surface area contributed by atoms with E-state index in [9.17, 15) is 8.42 Å². The highest BCUT2D eigenvalue weighted by Crippen LogP contribution is 2.43. The highest BCUT2D eigenvalue weighted by molar-refractivity contribution is 7.89. The van der Waals surface area contributed by atoms with E-state index in [1.54, 1.807) is 0 Å². The fourth-order valence-corrected chi connectivity index (χ4v) is 4.77. The average Bonchev–Trinajstić information content (AvgIpc) is 2.75. The molecule has 1 N–H and O–H groups in total. The van der Waals surface area contributed by atoms with Gasteiger partial charge in [0.05, 0.1) is 12.4 Å². The van der Waals surface area contributed by atoms with Crippen LogP contribution in [0.5, 0.6) is 0 Å². The molecule has 0 bridgehead atoms. The van der Waals surface area contributed by atoms with E-state index in [-0.39, 0.29) is 22.1 Å². The zero-order valence-corrected chi connectivity index (χ0v) is 16.1. The Morgan fingerprint density at radius 3 is 2.05 bits per heavy atom. The van der Waals surface area contributed by atoms with Crippen LogP contribution in [0.1, 0.15) is 73.6 Å². The second-order valence-corrected chi connectivity index (χ2v) is 10.8. The predicted octanol–water partition coefficient (Wildman–Crippen LogP) is 3.72. The van der Waals surface area contributed by atoms with Crippen LogP contribution in [-0.4, -0.2) is 32.9 Å². The van der Waals surface area contributed by atoms with Gasteiger partial charge in [-0.1, -0.05) is 54.4 Å². The lowest BCUT2D eigenvalue weighted by atomic mass is 9.73. The zero-order valence-electron chi connectivity index (χ0n) is 15.3. The summed E-state index contributed by atoms with van der Waals surface area (Å²) in [5, 5.41) is 0. The number of sulfonamides is 1. The molecule has 0 saturated heterocycles. The SMILES string of the molecule is CC(C)(C)COCCCS(=O)(=O)NC1(C(C)(C)C)CCCC1. The molecule has 1 fully saturated rings. The number of nitrogens with one attached hydrogen (secondary N) is 1. The molecule has 5 heteroatoms. The Bertz CT molecular complexity index is 438. The molecular weight excluding hydrogens is 298 g/mol. The van der Waals surface area contributed by atoms with Gasteiger partial charge in [-0.15, -0.1) is 0 Å². The minimum atomic E-state index is -3.25. The molecule has 0 aromatic rings. The van der Waals surface area contributed by atoms with Crippen molar-refractivity contribution < 1.29 is 13.2 Å². The van der Waals surface area contributed by atoms with Crippen LogP contribution in [0.4, 0.5) is 0 Å². The van der Waals surface area contributed by atoms with Crippen LogP contribution in [-0.2, 0) is 14.8 Å². The van der Waals surface area contributed by atoms with Gasteiger partial charge in [0.1, 0.15) is 0 Å².